The normalized spacial score (nSPS) is 20.0. The summed E-state index contributed by atoms with van der Waals surface area (Å²) in [6, 6.07) is -0.576. The summed E-state index contributed by atoms with van der Waals surface area (Å²) < 4.78 is 0. The Hall–Kier alpha value is -2.03. The molecule has 0 aliphatic carbocycles. The van der Waals surface area contributed by atoms with Crippen molar-refractivity contribution in [2.45, 2.75) is 31.6 Å². The van der Waals surface area contributed by atoms with Crippen LogP contribution in [0.25, 0.3) is 0 Å². The molecule has 9 heteroatoms. The van der Waals surface area contributed by atoms with Gasteiger partial charge in [-0.15, -0.1) is 11.8 Å². The van der Waals surface area contributed by atoms with Gasteiger partial charge in [0.25, 0.3) is 0 Å². The minimum absolute atomic E-state index is 0.0643. The number of thioether (sulfide) groups is 1. The molecule has 21 heavy (non-hydrogen) atoms. The molecule has 2 rings (SSSR count). The van der Waals surface area contributed by atoms with Crippen LogP contribution in [0.5, 0.6) is 0 Å². The Morgan fingerprint density at radius 2 is 2.14 bits per heavy atom. The van der Waals surface area contributed by atoms with E-state index in [0.29, 0.717) is 30.7 Å². The van der Waals surface area contributed by atoms with Crippen molar-refractivity contribution in [3.05, 3.63) is 10.6 Å². The molecular weight excluding hydrogens is 298 g/mol. The number of allylic oxidation sites excluding steroid dienone is 1. The fraction of sp³-hybridized carbons (Fsp3) is 0.500. The first-order valence-electron chi connectivity index (χ1n) is 6.40. The number of hydrogen-bond donors (Lipinski definition) is 3. The number of carbonyl (C=O) groups excluding carboxylic acids is 3. The molecule has 1 atom stereocenters. The molecule has 4 amide bonds. The summed E-state index contributed by atoms with van der Waals surface area (Å²) in [7, 11) is 0. The van der Waals surface area contributed by atoms with Crippen LogP contribution in [0.3, 0.4) is 0 Å². The minimum Gasteiger partial charge on any atom is -0.477 e. The molecule has 1 fully saturated rings. The number of hydrogen-bond acceptors (Lipinski definition) is 5. The Kier molecular flexibility index (Phi) is 4.51. The predicted octanol–water partition coefficient (Wildman–Crippen LogP) is 0.214. The van der Waals surface area contributed by atoms with Crippen LogP contribution in [0.4, 0.5) is 4.79 Å². The molecule has 0 aromatic rings. The van der Waals surface area contributed by atoms with Crippen LogP contribution in [-0.2, 0) is 14.4 Å². The molecule has 1 saturated heterocycles. The van der Waals surface area contributed by atoms with Crippen LogP contribution in [0.1, 0.15) is 26.2 Å². The molecule has 8 nitrogen and oxygen atoms in total. The van der Waals surface area contributed by atoms with Crippen LogP contribution in [0.2, 0.25) is 0 Å². The highest BCUT2D eigenvalue weighted by Gasteiger charge is 2.47. The van der Waals surface area contributed by atoms with Crippen LogP contribution < -0.4 is 10.6 Å². The van der Waals surface area contributed by atoms with Crippen LogP contribution >= 0.6 is 11.8 Å². The fourth-order valence-corrected chi connectivity index (χ4v) is 3.60. The molecular formula is C12H15N3O5S. The van der Waals surface area contributed by atoms with Gasteiger partial charge in [-0.1, -0.05) is 0 Å². The highest BCUT2D eigenvalue weighted by atomic mass is 32.2. The number of carboxylic acids is 1. The van der Waals surface area contributed by atoms with E-state index < -0.39 is 17.9 Å². The number of rotatable bonds is 5. The third-order valence-corrected chi connectivity index (χ3v) is 4.38. The second kappa shape index (κ2) is 6.17. The lowest BCUT2D eigenvalue weighted by Crippen LogP contribution is -2.48. The van der Waals surface area contributed by atoms with Gasteiger partial charge in [0.05, 0.1) is 11.8 Å². The van der Waals surface area contributed by atoms with Crippen molar-refractivity contribution in [2.24, 2.45) is 0 Å². The van der Waals surface area contributed by atoms with Gasteiger partial charge in [0, 0.05) is 18.4 Å². The first-order chi connectivity index (χ1) is 9.90. The molecule has 0 saturated carbocycles. The van der Waals surface area contributed by atoms with Crippen LogP contribution in [-0.4, -0.2) is 45.7 Å². The summed E-state index contributed by atoms with van der Waals surface area (Å²) in [5, 5.41) is 13.7. The number of amides is 4. The highest BCUT2D eigenvalue weighted by molar-refractivity contribution is 8.04. The number of carboxylic acid groups (broad SMARTS) is 1. The van der Waals surface area contributed by atoms with Gasteiger partial charge in [0.2, 0.25) is 11.8 Å². The van der Waals surface area contributed by atoms with Crippen molar-refractivity contribution in [2.75, 3.05) is 6.54 Å². The zero-order valence-electron chi connectivity index (χ0n) is 11.3. The maximum Gasteiger partial charge on any atom is 0.353 e. The quantitative estimate of drug-likeness (QED) is 0.494. The first-order valence-corrected chi connectivity index (χ1v) is 7.28. The van der Waals surface area contributed by atoms with Crippen molar-refractivity contribution >= 4 is 35.6 Å². The van der Waals surface area contributed by atoms with Gasteiger partial charge >= 0.3 is 12.0 Å². The third-order valence-electron chi connectivity index (χ3n) is 3.05. The van der Waals surface area contributed by atoms with E-state index in [9.17, 15) is 24.3 Å². The maximum absolute atomic E-state index is 11.4. The van der Waals surface area contributed by atoms with Crippen molar-refractivity contribution in [3.8, 4) is 0 Å². The summed E-state index contributed by atoms with van der Waals surface area (Å²) in [4.78, 5) is 46.4. The average molecular weight is 313 g/mol. The molecule has 2 aliphatic rings. The molecule has 3 N–H and O–H groups in total. The number of imide groups is 1. The van der Waals surface area contributed by atoms with E-state index in [-0.39, 0.29) is 17.0 Å². The third kappa shape index (κ3) is 3.35. The monoisotopic (exact) mass is 313 g/mol. The molecule has 0 unspecified atom stereocenters. The van der Waals surface area contributed by atoms with Gasteiger partial charge in [-0.2, -0.15) is 0 Å². The van der Waals surface area contributed by atoms with Gasteiger partial charge < -0.3 is 10.4 Å². The van der Waals surface area contributed by atoms with Crippen molar-refractivity contribution in [3.63, 3.8) is 0 Å². The van der Waals surface area contributed by atoms with Gasteiger partial charge in [0.15, 0.2) is 0 Å². The zero-order valence-corrected chi connectivity index (χ0v) is 12.2. The molecule has 0 bridgehead atoms. The van der Waals surface area contributed by atoms with Gasteiger partial charge in [-0.25, -0.2) is 9.59 Å². The Labute approximate surface area is 124 Å². The van der Waals surface area contributed by atoms with Gasteiger partial charge in [0.1, 0.15) is 5.70 Å². The largest absolute Gasteiger partial charge is 0.477 e. The Balaban J connectivity index is 1.83. The number of nitrogens with zero attached hydrogens (tertiary/aromatic N) is 1. The smallest absolute Gasteiger partial charge is 0.353 e. The fourth-order valence-electron chi connectivity index (χ4n) is 2.16. The standard InChI is InChI=1S/C12H15N3O5S/c1-6(16)14-12(20)13-4-2-3-7-10(11(18)19)15-8(17)5-9(15)21-7/h9H,2-5H2,1H3,(H,18,19)(H2,13,14,16,20)/t9-/m0/s1. The Bertz CT molecular complexity index is 545. The van der Waals surface area contributed by atoms with E-state index in [1.807, 2.05) is 0 Å². The predicted molar refractivity (Wildman–Crippen MR) is 74.0 cm³/mol. The summed E-state index contributed by atoms with van der Waals surface area (Å²) in [5.41, 5.74) is 0.0643. The Morgan fingerprint density at radius 3 is 2.71 bits per heavy atom. The van der Waals surface area contributed by atoms with Crippen molar-refractivity contribution in [1.82, 2.24) is 15.5 Å². The number of β-lactam (4-membered cyclic amide) rings is 1. The summed E-state index contributed by atoms with van der Waals surface area (Å²) in [6.45, 7) is 1.55. The lowest BCUT2D eigenvalue weighted by molar-refractivity contribution is -0.145. The van der Waals surface area contributed by atoms with Crippen LogP contribution in [0.15, 0.2) is 10.6 Å². The Morgan fingerprint density at radius 1 is 1.43 bits per heavy atom. The second-order valence-electron chi connectivity index (χ2n) is 4.66. The number of carbonyl (C=O) groups is 4. The summed E-state index contributed by atoms with van der Waals surface area (Å²) in [5.74, 6) is -1.72. The van der Waals surface area contributed by atoms with E-state index in [1.165, 1.54) is 23.6 Å². The molecule has 114 valence electrons. The van der Waals surface area contributed by atoms with Crippen LogP contribution in [0, 0.1) is 0 Å². The number of fused-ring (bicyclic) bond motifs is 1. The van der Waals surface area contributed by atoms with Gasteiger partial charge in [-0.3, -0.25) is 19.8 Å². The molecule has 0 radical (unpaired) electrons. The lowest BCUT2D eigenvalue weighted by atomic mass is 10.1. The number of nitrogens with one attached hydrogen (secondary N) is 2. The second-order valence-corrected chi connectivity index (χ2v) is 5.93. The van der Waals surface area contributed by atoms with Gasteiger partial charge in [-0.05, 0) is 12.8 Å². The molecule has 2 aliphatic heterocycles. The molecule has 0 aromatic carbocycles. The topological polar surface area (TPSA) is 116 Å². The van der Waals surface area contributed by atoms with E-state index in [2.05, 4.69) is 10.6 Å². The molecule has 2 heterocycles. The maximum atomic E-state index is 11.4. The van der Waals surface area contributed by atoms with E-state index in [1.54, 1.807) is 0 Å². The number of aliphatic carboxylic acids is 1. The van der Waals surface area contributed by atoms with Crippen molar-refractivity contribution < 1.29 is 24.3 Å². The minimum atomic E-state index is -1.10. The van der Waals surface area contributed by atoms with E-state index in [0.717, 1.165) is 0 Å². The highest BCUT2D eigenvalue weighted by Crippen LogP contribution is 2.47. The number of urea groups is 1. The average Bonchev–Trinajstić information content (AvgIpc) is 2.66. The zero-order chi connectivity index (χ0) is 15.6. The van der Waals surface area contributed by atoms with E-state index in [4.69, 9.17) is 0 Å². The molecule has 0 aromatic heterocycles. The van der Waals surface area contributed by atoms with Crippen molar-refractivity contribution in [1.29, 1.82) is 0 Å². The lowest BCUT2D eigenvalue weighted by Gasteiger charge is -2.33. The first kappa shape index (κ1) is 15.4. The molecule has 0 spiro atoms. The summed E-state index contributed by atoms with van der Waals surface area (Å²) >= 11 is 1.39. The summed E-state index contributed by atoms with van der Waals surface area (Å²) in [6.07, 6.45) is 1.36. The SMILES string of the molecule is CC(=O)NC(=O)NCCCC1=C(C(=O)O)N2C(=O)C[C@@H]2S1. The van der Waals surface area contributed by atoms with E-state index >= 15 is 0 Å².